The van der Waals surface area contributed by atoms with Crippen LogP contribution >= 0.6 is 11.3 Å². The average Bonchev–Trinajstić information content (AvgIpc) is 2.87. The molecule has 1 N–H and O–H groups in total. The van der Waals surface area contributed by atoms with Crippen LogP contribution in [-0.2, 0) is 0 Å². The number of aryl methyl sites for hydroxylation is 1. The molecule has 3 heterocycles. The lowest BCUT2D eigenvalue weighted by molar-refractivity contribution is 0.206. The Balaban J connectivity index is 2.05. The van der Waals surface area contributed by atoms with Crippen LogP contribution in [0, 0.1) is 6.92 Å². The fraction of sp³-hybridized carbons (Fsp3) is 0.353. The number of likely N-dealkylation sites (N-methyl/N-ethyl adjacent to an activating group) is 1. The molecule has 2 aliphatic rings. The number of rotatable bonds is 1. The number of hydrogen-bond donors (Lipinski definition) is 1. The molecule has 4 rings (SSSR count). The van der Waals surface area contributed by atoms with Crippen LogP contribution in [0.3, 0.4) is 0 Å². The first kappa shape index (κ1) is 5.98. The number of nitrogens with zero attached hydrogens (tertiary/aromatic N) is 3. The Morgan fingerprint density at radius 1 is 1.36 bits per heavy atom. The summed E-state index contributed by atoms with van der Waals surface area (Å²) in [4.78, 5) is 6.31. The third kappa shape index (κ3) is 2.40. The summed E-state index contributed by atoms with van der Waals surface area (Å²) in [7, 11) is 0. The molecule has 4 nitrogen and oxygen atoms in total. The normalized spacial score (nSPS) is 31.1. The van der Waals surface area contributed by atoms with E-state index in [0.717, 1.165) is 21.1 Å². The molecule has 1 aromatic heterocycles. The average molecular weight is 325 g/mol. The minimum Gasteiger partial charge on any atom is -0.355 e. The first-order chi connectivity index (χ1) is 15.5. The molecule has 0 amide bonds. The molecule has 1 fully saturated rings. The lowest BCUT2D eigenvalue weighted by Crippen LogP contribution is -2.47. The second-order valence-corrected chi connectivity index (χ2v) is 5.98. The van der Waals surface area contributed by atoms with Crippen molar-refractivity contribution in [2.45, 2.75) is 6.92 Å². The highest BCUT2D eigenvalue weighted by Gasteiger charge is 2.20. The topological polar surface area (TPSA) is 30.9 Å². The van der Waals surface area contributed by atoms with Gasteiger partial charge in [-0.3, -0.25) is 0 Å². The van der Waals surface area contributed by atoms with Crippen molar-refractivity contribution in [3.63, 3.8) is 0 Å². The van der Waals surface area contributed by atoms with Gasteiger partial charge in [0.2, 0.25) is 0 Å². The summed E-state index contributed by atoms with van der Waals surface area (Å²) < 4.78 is 98.5. The van der Waals surface area contributed by atoms with E-state index in [4.69, 9.17) is 16.4 Å². The highest BCUT2D eigenvalue weighted by molar-refractivity contribution is 7.09. The minimum absolute atomic E-state index is 0.0330. The van der Waals surface area contributed by atoms with Gasteiger partial charge in [-0.25, -0.2) is 4.99 Å². The van der Waals surface area contributed by atoms with Crippen molar-refractivity contribution >= 4 is 28.5 Å². The zero-order valence-electron chi connectivity index (χ0n) is 23.7. The molecule has 114 valence electrons. The van der Waals surface area contributed by atoms with Crippen molar-refractivity contribution in [1.82, 2.24) is 9.80 Å². The molecule has 0 bridgehead atoms. The number of benzene rings is 1. The Kier molecular flexibility index (Phi) is 1.47. The molecule has 0 saturated carbocycles. The number of thiophene rings is 1. The molecule has 0 atom stereocenters. The summed E-state index contributed by atoms with van der Waals surface area (Å²) in [5.41, 5.74) is -0.336. The van der Waals surface area contributed by atoms with Crippen LogP contribution in [-0.4, -0.2) is 42.9 Å². The van der Waals surface area contributed by atoms with Gasteiger partial charge in [0.05, 0.1) is 28.9 Å². The van der Waals surface area contributed by atoms with E-state index in [2.05, 4.69) is 10.3 Å². The molecule has 1 saturated heterocycles. The highest BCUT2D eigenvalue weighted by Crippen LogP contribution is 2.27. The number of anilines is 1. The number of hydrogen-bond acceptors (Lipinski definition) is 5. The summed E-state index contributed by atoms with van der Waals surface area (Å²) in [5.74, 6) is -0.253. The lowest BCUT2D eigenvalue weighted by atomic mass is 10.2. The second-order valence-electron chi connectivity index (χ2n) is 4.78. The monoisotopic (exact) mass is 324 g/mol. The third-order valence-electron chi connectivity index (χ3n) is 3.19. The van der Waals surface area contributed by atoms with Gasteiger partial charge >= 0.3 is 0 Å². The zero-order valence-corrected chi connectivity index (χ0v) is 12.5. The Morgan fingerprint density at radius 3 is 3.00 bits per heavy atom. The van der Waals surface area contributed by atoms with Crippen LogP contribution < -0.4 is 15.2 Å². The molecule has 0 radical (unpaired) electrons. The van der Waals surface area contributed by atoms with E-state index < -0.39 is 57.2 Å². The van der Waals surface area contributed by atoms with E-state index in [1.54, 1.807) is 6.92 Å². The summed E-state index contributed by atoms with van der Waals surface area (Å²) in [5, 5.41) is 2.80. The van der Waals surface area contributed by atoms with Gasteiger partial charge in [-0.15, -0.1) is 11.3 Å². The molecule has 0 aliphatic carbocycles. The molecule has 2 aromatic rings. The first-order valence-corrected chi connectivity index (χ1v) is 7.41. The molecule has 0 unspecified atom stereocenters. The van der Waals surface area contributed by atoms with Gasteiger partial charge in [0.15, 0.2) is 0 Å². The van der Waals surface area contributed by atoms with Crippen molar-refractivity contribution in [3.8, 4) is 0 Å². The van der Waals surface area contributed by atoms with Crippen LogP contribution in [0.4, 0.5) is 11.4 Å². The third-order valence-corrected chi connectivity index (χ3v) is 4.09. The van der Waals surface area contributed by atoms with E-state index >= 15 is 0 Å². The maximum absolute atomic E-state index is 8.59. The maximum Gasteiger partial charge on any atom is 0.127 e. The molecule has 1 aromatic carbocycles. The predicted octanol–water partition coefficient (Wildman–Crippen LogP) is 1.75. The predicted molar refractivity (Wildman–Crippen MR) is 92.0 cm³/mol. The number of piperazine rings is 1. The molecule has 2 aliphatic heterocycles. The van der Waals surface area contributed by atoms with E-state index in [0.29, 0.717) is 4.88 Å². The first-order valence-electron chi connectivity index (χ1n) is 12.6. The zero-order chi connectivity index (χ0) is 25.5. The summed E-state index contributed by atoms with van der Waals surface area (Å²) >= 11 is 1.05. The standard InChI is InChI=1S/C17H20N4S/c1-12-11-13-16(21-9-7-20(2)8-10-21)18-14-5-3-4-6-15(14)19-17(13)22-12/h3-6,11,18H,7-10H2,1-2H3/i2D3,3D,4D,5D,6D,9D2,10D2,11D. The van der Waals surface area contributed by atoms with Gasteiger partial charge in [-0.1, -0.05) is 12.1 Å². The largest absolute Gasteiger partial charge is 0.355 e. The molecule has 5 heteroatoms. The fourth-order valence-corrected chi connectivity index (χ4v) is 3.03. The minimum atomic E-state index is -2.74. The Hall–Kier alpha value is -1.85. The molecular weight excluding hydrogens is 292 g/mol. The van der Waals surface area contributed by atoms with E-state index in [1.165, 1.54) is 0 Å². The molecule has 0 spiro atoms. The van der Waals surface area contributed by atoms with Gasteiger partial charge in [0.1, 0.15) is 10.5 Å². The Morgan fingerprint density at radius 2 is 2.18 bits per heavy atom. The van der Waals surface area contributed by atoms with Crippen LogP contribution in [0.1, 0.15) is 21.3 Å². The summed E-state index contributed by atoms with van der Waals surface area (Å²) in [6.07, 6.45) is 0. The highest BCUT2D eigenvalue weighted by atomic mass is 32.1. The van der Waals surface area contributed by atoms with Crippen LogP contribution in [0.25, 0.3) is 5.82 Å². The van der Waals surface area contributed by atoms with Crippen molar-refractivity contribution in [2.24, 2.45) is 4.99 Å². The molecule has 22 heavy (non-hydrogen) atoms. The van der Waals surface area contributed by atoms with Crippen molar-refractivity contribution < 1.29 is 16.4 Å². The van der Waals surface area contributed by atoms with Crippen molar-refractivity contribution in [3.05, 3.63) is 45.0 Å². The van der Waals surface area contributed by atoms with Gasteiger partial charge in [0, 0.05) is 35.1 Å². The van der Waals surface area contributed by atoms with E-state index in [1.807, 2.05) is 0 Å². The van der Waals surface area contributed by atoms with Crippen molar-refractivity contribution in [2.75, 3.05) is 38.4 Å². The SMILES string of the molecule is [2H]c1c([2H])c([2H])c2c(c1[2H])N=c1sc(C)c([2H])c1=C(N1C([2H])([2H])CN(C([2H])([2H])[2H])CC1([2H])[2H])N2. The van der Waals surface area contributed by atoms with E-state index in [-0.39, 0.29) is 33.1 Å². The summed E-state index contributed by atoms with van der Waals surface area (Å²) in [6, 6.07) is -2.07. The smallest absolute Gasteiger partial charge is 0.127 e. The quantitative estimate of drug-likeness (QED) is 0.867. The summed E-state index contributed by atoms with van der Waals surface area (Å²) in [6.45, 7) is -7.60. The van der Waals surface area contributed by atoms with Crippen molar-refractivity contribution in [1.29, 1.82) is 0 Å². The van der Waals surface area contributed by atoms with Crippen LogP contribution in [0.15, 0.2) is 35.2 Å². The fourth-order valence-electron chi connectivity index (χ4n) is 2.20. The second kappa shape index (κ2) is 5.41. The van der Waals surface area contributed by atoms with Gasteiger partial charge < -0.3 is 15.1 Å². The van der Waals surface area contributed by atoms with Gasteiger partial charge in [-0.05, 0) is 32.0 Å². The van der Waals surface area contributed by atoms with Gasteiger partial charge in [-0.2, -0.15) is 0 Å². The lowest BCUT2D eigenvalue weighted by Gasteiger charge is -2.35. The van der Waals surface area contributed by atoms with E-state index in [9.17, 15) is 0 Å². The number of para-hydroxylation sites is 2. The molecular formula is C17H20N4S. The Labute approximate surface area is 151 Å². The maximum atomic E-state index is 8.59. The Bertz CT molecular complexity index is 1300. The van der Waals surface area contributed by atoms with Crippen LogP contribution in [0.5, 0.6) is 0 Å². The number of nitrogens with one attached hydrogen (secondary N) is 1. The number of fused-ring (bicyclic) bond motifs is 2. The van der Waals surface area contributed by atoms with Gasteiger partial charge in [0.25, 0.3) is 0 Å². The van der Waals surface area contributed by atoms with Crippen LogP contribution in [0.2, 0.25) is 0 Å².